The number of nitrogens with two attached hydrogens (primary N) is 1. The van der Waals surface area contributed by atoms with Crippen molar-refractivity contribution in [2.45, 2.75) is 58.1 Å². The molecular formula is C11H22N2O2. The maximum Gasteiger partial charge on any atom is 0.322 e. The van der Waals surface area contributed by atoms with Crippen LogP contribution >= 0.6 is 0 Å². The highest BCUT2D eigenvalue weighted by Gasteiger charge is 2.24. The second-order valence-corrected chi connectivity index (χ2v) is 5.20. The molecule has 2 N–H and O–H groups in total. The van der Waals surface area contributed by atoms with Crippen molar-refractivity contribution in [3.8, 4) is 0 Å². The van der Waals surface area contributed by atoms with Crippen molar-refractivity contribution < 1.29 is 9.53 Å². The summed E-state index contributed by atoms with van der Waals surface area (Å²) in [7, 11) is 0. The van der Waals surface area contributed by atoms with E-state index >= 15 is 0 Å². The van der Waals surface area contributed by atoms with Crippen molar-refractivity contribution in [2.24, 2.45) is 5.84 Å². The largest absolute Gasteiger partial charge is 0.459 e. The number of ether oxygens (including phenoxy) is 1. The Balaban J connectivity index is 2.30. The summed E-state index contributed by atoms with van der Waals surface area (Å²) in [4.78, 5) is 11.5. The molecule has 1 aliphatic carbocycles. The van der Waals surface area contributed by atoms with Crippen LogP contribution in [0.15, 0.2) is 0 Å². The van der Waals surface area contributed by atoms with Crippen LogP contribution in [0.4, 0.5) is 0 Å². The van der Waals surface area contributed by atoms with Gasteiger partial charge in [0.05, 0.1) is 0 Å². The van der Waals surface area contributed by atoms with Gasteiger partial charge in [-0.05, 0) is 33.6 Å². The summed E-state index contributed by atoms with van der Waals surface area (Å²) in [5.41, 5.74) is -0.423. The van der Waals surface area contributed by atoms with Gasteiger partial charge < -0.3 is 4.74 Å². The highest BCUT2D eigenvalue weighted by molar-refractivity contribution is 5.72. The van der Waals surface area contributed by atoms with E-state index in [1.54, 1.807) is 5.01 Å². The summed E-state index contributed by atoms with van der Waals surface area (Å²) in [6.45, 7) is 5.78. The van der Waals surface area contributed by atoms with E-state index in [9.17, 15) is 4.79 Å². The standard InChI is InChI=1S/C11H22N2O2/c1-11(2,3)15-10(14)8-13(12)9-6-4-5-7-9/h9H,4-8,12H2,1-3H3. The van der Waals surface area contributed by atoms with Gasteiger partial charge in [-0.2, -0.15) is 0 Å². The third kappa shape index (κ3) is 4.62. The van der Waals surface area contributed by atoms with Gasteiger partial charge in [0.2, 0.25) is 0 Å². The number of carbonyl (C=O) groups excluding carboxylic acids is 1. The van der Waals surface area contributed by atoms with Gasteiger partial charge in [-0.25, -0.2) is 5.01 Å². The zero-order valence-electron chi connectivity index (χ0n) is 9.95. The average Bonchev–Trinajstić information content (AvgIpc) is 2.50. The molecule has 0 aromatic rings. The molecule has 0 radical (unpaired) electrons. The first-order valence-electron chi connectivity index (χ1n) is 5.62. The van der Waals surface area contributed by atoms with Gasteiger partial charge in [0.25, 0.3) is 0 Å². The molecule has 1 rings (SSSR count). The summed E-state index contributed by atoms with van der Waals surface area (Å²) >= 11 is 0. The van der Waals surface area contributed by atoms with Crippen LogP contribution in [0.25, 0.3) is 0 Å². The molecule has 0 aliphatic heterocycles. The van der Waals surface area contributed by atoms with Crippen LogP contribution in [-0.4, -0.2) is 29.2 Å². The highest BCUT2D eigenvalue weighted by Crippen LogP contribution is 2.21. The first-order valence-corrected chi connectivity index (χ1v) is 5.62. The third-order valence-corrected chi connectivity index (χ3v) is 2.53. The fourth-order valence-electron chi connectivity index (χ4n) is 1.89. The number of nitrogens with zero attached hydrogens (tertiary/aromatic N) is 1. The lowest BCUT2D eigenvalue weighted by Gasteiger charge is -2.25. The van der Waals surface area contributed by atoms with Crippen LogP contribution in [-0.2, 0) is 9.53 Å². The molecule has 1 saturated carbocycles. The van der Waals surface area contributed by atoms with Crippen LogP contribution in [0.5, 0.6) is 0 Å². The Kier molecular flexibility index (Phi) is 4.11. The molecule has 0 saturated heterocycles. The van der Waals surface area contributed by atoms with Crippen LogP contribution in [0.2, 0.25) is 0 Å². The SMILES string of the molecule is CC(C)(C)OC(=O)CN(N)C1CCCC1. The van der Waals surface area contributed by atoms with E-state index in [-0.39, 0.29) is 12.5 Å². The fourth-order valence-corrected chi connectivity index (χ4v) is 1.89. The van der Waals surface area contributed by atoms with E-state index in [2.05, 4.69) is 0 Å². The van der Waals surface area contributed by atoms with Crippen LogP contribution in [0.1, 0.15) is 46.5 Å². The molecule has 1 aliphatic rings. The van der Waals surface area contributed by atoms with Crippen molar-refractivity contribution in [1.29, 1.82) is 0 Å². The van der Waals surface area contributed by atoms with E-state index in [1.165, 1.54) is 12.8 Å². The number of esters is 1. The van der Waals surface area contributed by atoms with Gasteiger partial charge in [-0.3, -0.25) is 10.6 Å². The van der Waals surface area contributed by atoms with Gasteiger partial charge in [-0.15, -0.1) is 0 Å². The van der Waals surface area contributed by atoms with Crippen molar-refractivity contribution in [3.05, 3.63) is 0 Å². The number of rotatable bonds is 3. The Bertz CT molecular complexity index is 217. The molecule has 0 aromatic carbocycles. The normalized spacial score (nSPS) is 18.5. The number of hydrogen-bond acceptors (Lipinski definition) is 4. The summed E-state index contributed by atoms with van der Waals surface area (Å²) in [6.07, 6.45) is 4.62. The Morgan fingerprint density at radius 2 is 1.93 bits per heavy atom. The molecule has 15 heavy (non-hydrogen) atoms. The molecule has 4 heteroatoms. The van der Waals surface area contributed by atoms with Crippen molar-refractivity contribution >= 4 is 5.97 Å². The van der Waals surface area contributed by atoms with Crippen LogP contribution in [0, 0.1) is 0 Å². The Morgan fingerprint density at radius 3 is 2.40 bits per heavy atom. The Hall–Kier alpha value is -0.610. The quantitative estimate of drug-likeness (QED) is 0.439. The minimum Gasteiger partial charge on any atom is -0.459 e. The topological polar surface area (TPSA) is 55.6 Å². The summed E-state index contributed by atoms with van der Waals surface area (Å²) in [6, 6.07) is 0.359. The van der Waals surface area contributed by atoms with Crippen molar-refractivity contribution in [3.63, 3.8) is 0 Å². The molecular weight excluding hydrogens is 192 g/mol. The van der Waals surface area contributed by atoms with Crippen molar-refractivity contribution in [2.75, 3.05) is 6.54 Å². The highest BCUT2D eigenvalue weighted by atomic mass is 16.6. The lowest BCUT2D eigenvalue weighted by Crippen LogP contribution is -2.44. The predicted octanol–water partition coefficient (Wildman–Crippen LogP) is 1.45. The predicted molar refractivity (Wildman–Crippen MR) is 59.0 cm³/mol. The van der Waals surface area contributed by atoms with E-state index in [0.717, 1.165) is 12.8 Å². The number of hydrazine groups is 1. The smallest absolute Gasteiger partial charge is 0.322 e. The maximum atomic E-state index is 11.5. The van der Waals surface area contributed by atoms with Crippen LogP contribution < -0.4 is 5.84 Å². The van der Waals surface area contributed by atoms with E-state index < -0.39 is 5.60 Å². The molecule has 0 unspecified atom stereocenters. The molecule has 0 spiro atoms. The first-order chi connectivity index (χ1) is 6.88. The molecule has 0 aromatic heterocycles. The lowest BCUT2D eigenvalue weighted by molar-refractivity contribution is -0.156. The van der Waals surface area contributed by atoms with Gasteiger partial charge in [0.15, 0.2) is 0 Å². The Labute approximate surface area is 91.7 Å². The second-order valence-electron chi connectivity index (χ2n) is 5.20. The third-order valence-electron chi connectivity index (χ3n) is 2.53. The molecule has 88 valence electrons. The van der Waals surface area contributed by atoms with E-state index in [0.29, 0.717) is 6.04 Å². The van der Waals surface area contributed by atoms with Gasteiger partial charge in [-0.1, -0.05) is 12.8 Å². The lowest BCUT2D eigenvalue weighted by atomic mass is 10.2. The van der Waals surface area contributed by atoms with Crippen LogP contribution in [0.3, 0.4) is 0 Å². The number of carbonyl (C=O) groups is 1. The summed E-state index contributed by atoms with van der Waals surface area (Å²) in [5, 5.41) is 1.63. The Morgan fingerprint density at radius 1 is 1.40 bits per heavy atom. The van der Waals surface area contributed by atoms with Gasteiger partial charge in [0.1, 0.15) is 12.1 Å². The molecule has 0 amide bonds. The molecule has 0 atom stereocenters. The van der Waals surface area contributed by atoms with E-state index in [4.69, 9.17) is 10.6 Å². The molecule has 0 heterocycles. The molecule has 4 nitrogen and oxygen atoms in total. The summed E-state index contributed by atoms with van der Waals surface area (Å²) in [5.74, 6) is 5.59. The number of hydrogen-bond donors (Lipinski definition) is 1. The second kappa shape index (κ2) is 4.94. The van der Waals surface area contributed by atoms with E-state index in [1.807, 2.05) is 20.8 Å². The van der Waals surface area contributed by atoms with Gasteiger partial charge >= 0.3 is 5.97 Å². The molecule has 1 fully saturated rings. The van der Waals surface area contributed by atoms with Crippen molar-refractivity contribution in [1.82, 2.24) is 5.01 Å². The maximum absolute atomic E-state index is 11.5. The minimum atomic E-state index is -0.423. The average molecular weight is 214 g/mol. The first kappa shape index (κ1) is 12.5. The minimum absolute atomic E-state index is 0.196. The summed E-state index contributed by atoms with van der Waals surface area (Å²) < 4.78 is 5.21. The molecule has 0 bridgehead atoms. The fraction of sp³-hybridized carbons (Fsp3) is 0.909. The zero-order valence-corrected chi connectivity index (χ0v) is 9.95. The van der Waals surface area contributed by atoms with Gasteiger partial charge in [0, 0.05) is 6.04 Å². The zero-order chi connectivity index (χ0) is 11.5. The monoisotopic (exact) mass is 214 g/mol.